The van der Waals surface area contributed by atoms with E-state index in [1.54, 1.807) is 6.07 Å². The Kier molecular flexibility index (Phi) is 7.61. The van der Waals surface area contributed by atoms with Gasteiger partial charge in [0.25, 0.3) is 5.91 Å². The van der Waals surface area contributed by atoms with Gasteiger partial charge < -0.3 is 20.5 Å². The first-order valence-corrected chi connectivity index (χ1v) is 7.52. The third-order valence-corrected chi connectivity index (χ3v) is 3.25. The summed E-state index contributed by atoms with van der Waals surface area (Å²) >= 11 is 0. The van der Waals surface area contributed by atoms with Crippen molar-refractivity contribution >= 4 is 5.91 Å². The molecule has 5 nitrogen and oxygen atoms in total. The molecule has 5 heteroatoms. The van der Waals surface area contributed by atoms with Crippen molar-refractivity contribution in [1.29, 1.82) is 0 Å². The summed E-state index contributed by atoms with van der Waals surface area (Å²) in [6, 6.07) is 5.71. The predicted octanol–water partition coefficient (Wildman–Crippen LogP) is 2.23. The van der Waals surface area contributed by atoms with Crippen molar-refractivity contribution in [3.05, 3.63) is 23.8 Å². The van der Waals surface area contributed by atoms with Gasteiger partial charge in [0.15, 0.2) is 18.1 Å². The Labute approximate surface area is 126 Å². The van der Waals surface area contributed by atoms with Crippen molar-refractivity contribution in [2.24, 2.45) is 5.73 Å². The zero-order valence-electron chi connectivity index (χ0n) is 13.1. The third kappa shape index (κ3) is 5.63. The molecule has 0 atom stereocenters. The van der Waals surface area contributed by atoms with E-state index in [0.717, 1.165) is 18.4 Å². The van der Waals surface area contributed by atoms with Gasteiger partial charge in [0.1, 0.15) is 0 Å². The fourth-order valence-electron chi connectivity index (χ4n) is 1.97. The SMILES string of the molecule is CCOc1cc(CN)ccc1OCC(=O)NC(CC)CC. The number of benzene rings is 1. The number of amides is 1. The van der Waals surface area contributed by atoms with Crippen LogP contribution in [0.15, 0.2) is 18.2 Å². The van der Waals surface area contributed by atoms with Crippen LogP contribution in [0.5, 0.6) is 11.5 Å². The highest BCUT2D eigenvalue weighted by Gasteiger charge is 2.11. The summed E-state index contributed by atoms with van der Waals surface area (Å²) in [5, 5.41) is 2.94. The smallest absolute Gasteiger partial charge is 0.258 e. The predicted molar refractivity (Wildman–Crippen MR) is 83.5 cm³/mol. The van der Waals surface area contributed by atoms with Crippen LogP contribution in [0.4, 0.5) is 0 Å². The molecule has 0 bridgehead atoms. The normalized spacial score (nSPS) is 10.5. The molecule has 0 spiro atoms. The first-order valence-electron chi connectivity index (χ1n) is 7.52. The van der Waals surface area contributed by atoms with Crippen LogP contribution in [0.1, 0.15) is 39.2 Å². The van der Waals surface area contributed by atoms with Gasteiger partial charge in [-0.1, -0.05) is 19.9 Å². The number of ether oxygens (including phenoxy) is 2. The van der Waals surface area contributed by atoms with Crippen molar-refractivity contribution in [3.8, 4) is 11.5 Å². The van der Waals surface area contributed by atoms with Gasteiger partial charge in [-0.3, -0.25) is 4.79 Å². The lowest BCUT2D eigenvalue weighted by Crippen LogP contribution is -2.37. The lowest BCUT2D eigenvalue weighted by Gasteiger charge is -2.16. The highest BCUT2D eigenvalue weighted by Crippen LogP contribution is 2.28. The Bertz CT molecular complexity index is 445. The highest BCUT2D eigenvalue weighted by molar-refractivity contribution is 5.77. The van der Waals surface area contributed by atoms with Crippen molar-refractivity contribution in [1.82, 2.24) is 5.32 Å². The second-order valence-electron chi connectivity index (χ2n) is 4.79. The molecule has 0 unspecified atom stereocenters. The summed E-state index contributed by atoms with van der Waals surface area (Å²) < 4.78 is 11.1. The summed E-state index contributed by atoms with van der Waals surface area (Å²) in [4.78, 5) is 11.8. The molecule has 1 rings (SSSR count). The van der Waals surface area contributed by atoms with Crippen molar-refractivity contribution in [2.75, 3.05) is 13.2 Å². The lowest BCUT2D eigenvalue weighted by molar-refractivity contribution is -0.123. The Morgan fingerprint density at radius 2 is 1.90 bits per heavy atom. The van der Waals surface area contributed by atoms with Crippen LogP contribution in [0.3, 0.4) is 0 Å². The van der Waals surface area contributed by atoms with Crippen LogP contribution in [-0.2, 0) is 11.3 Å². The average molecular weight is 294 g/mol. The summed E-state index contributed by atoms with van der Waals surface area (Å²) in [5.41, 5.74) is 6.58. The second-order valence-corrected chi connectivity index (χ2v) is 4.79. The van der Waals surface area contributed by atoms with E-state index in [4.69, 9.17) is 15.2 Å². The molecule has 0 aliphatic rings. The Balaban J connectivity index is 2.63. The molecular weight excluding hydrogens is 268 g/mol. The topological polar surface area (TPSA) is 73.6 Å². The first kappa shape index (κ1) is 17.3. The number of carbonyl (C=O) groups excluding carboxylic acids is 1. The van der Waals surface area contributed by atoms with E-state index in [1.165, 1.54) is 0 Å². The van der Waals surface area contributed by atoms with E-state index in [9.17, 15) is 4.79 Å². The van der Waals surface area contributed by atoms with E-state index in [0.29, 0.717) is 24.7 Å². The molecule has 21 heavy (non-hydrogen) atoms. The maximum Gasteiger partial charge on any atom is 0.258 e. The first-order chi connectivity index (χ1) is 10.1. The summed E-state index contributed by atoms with van der Waals surface area (Å²) in [5.74, 6) is 1.07. The maximum atomic E-state index is 11.8. The minimum atomic E-state index is -0.117. The van der Waals surface area contributed by atoms with Gasteiger partial charge in [-0.15, -0.1) is 0 Å². The minimum absolute atomic E-state index is 0.0153. The molecule has 0 saturated carbocycles. The number of carbonyl (C=O) groups is 1. The van der Waals surface area contributed by atoms with Crippen LogP contribution in [0.2, 0.25) is 0 Å². The van der Waals surface area contributed by atoms with Crippen LogP contribution >= 0.6 is 0 Å². The number of nitrogens with one attached hydrogen (secondary N) is 1. The lowest BCUT2D eigenvalue weighted by atomic mass is 10.2. The van der Waals surface area contributed by atoms with Crippen LogP contribution < -0.4 is 20.5 Å². The van der Waals surface area contributed by atoms with E-state index in [-0.39, 0.29) is 18.6 Å². The maximum absolute atomic E-state index is 11.8. The van der Waals surface area contributed by atoms with Crippen molar-refractivity contribution in [3.63, 3.8) is 0 Å². The van der Waals surface area contributed by atoms with E-state index < -0.39 is 0 Å². The van der Waals surface area contributed by atoms with Gasteiger partial charge >= 0.3 is 0 Å². The van der Waals surface area contributed by atoms with Crippen LogP contribution in [0.25, 0.3) is 0 Å². The van der Waals surface area contributed by atoms with E-state index in [2.05, 4.69) is 5.32 Å². The zero-order chi connectivity index (χ0) is 15.7. The monoisotopic (exact) mass is 294 g/mol. The van der Waals surface area contributed by atoms with Gasteiger partial charge in [0.2, 0.25) is 0 Å². The van der Waals surface area contributed by atoms with E-state index in [1.807, 2.05) is 32.9 Å². The number of nitrogens with two attached hydrogens (primary N) is 1. The molecule has 0 radical (unpaired) electrons. The fourth-order valence-corrected chi connectivity index (χ4v) is 1.97. The molecule has 1 aromatic carbocycles. The Hall–Kier alpha value is -1.75. The number of hydrogen-bond acceptors (Lipinski definition) is 4. The largest absolute Gasteiger partial charge is 0.490 e. The van der Waals surface area contributed by atoms with Gasteiger partial charge in [-0.25, -0.2) is 0 Å². The molecule has 0 fully saturated rings. The fraction of sp³-hybridized carbons (Fsp3) is 0.562. The molecule has 3 N–H and O–H groups in total. The quantitative estimate of drug-likeness (QED) is 0.732. The molecule has 0 aliphatic heterocycles. The molecule has 0 aliphatic carbocycles. The minimum Gasteiger partial charge on any atom is -0.490 e. The van der Waals surface area contributed by atoms with Gasteiger partial charge in [-0.2, -0.15) is 0 Å². The molecule has 118 valence electrons. The number of rotatable bonds is 9. The summed E-state index contributed by atoms with van der Waals surface area (Å²) in [6.45, 7) is 6.96. The highest BCUT2D eigenvalue weighted by atomic mass is 16.5. The van der Waals surface area contributed by atoms with Gasteiger partial charge in [-0.05, 0) is 37.5 Å². The third-order valence-electron chi connectivity index (χ3n) is 3.25. The average Bonchev–Trinajstić information content (AvgIpc) is 2.51. The van der Waals surface area contributed by atoms with Crippen molar-refractivity contribution in [2.45, 2.75) is 46.2 Å². The molecular formula is C16H26N2O3. The molecule has 1 aromatic rings. The van der Waals surface area contributed by atoms with Crippen LogP contribution in [0, 0.1) is 0 Å². The van der Waals surface area contributed by atoms with Crippen molar-refractivity contribution < 1.29 is 14.3 Å². The van der Waals surface area contributed by atoms with Gasteiger partial charge in [0, 0.05) is 12.6 Å². The zero-order valence-corrected chi connectivity index (χ0v) is 13.1. The Morgan fingerprint density at radius 3 is 2.48 bits per heavy atom. The molecule has 0 saturated heterocycles. The molecule has 0 aromatic heterocycles. The molecule has 1 amide bonds. The van der Waals surface area contributed by atoms with Crippen LogP contribution in [-0.4, -0.2) is 25.2 Å². The Morgan fingerprint density at radius 1 is 1.19 bits per heavy atom. The summed E-state index contributed by atoms with van der Waals surface area (Å²) in [6.07, 6.45) is 1.83. The van der Waals surface area contributed by atoms with Gasteiger partial charge in [0.05, 0.1) is 6.61 Å². The summed E-state index contributed by atoms with van der Waals surface area (Å²) in [7, 11) is 0. The second kappa shape index (κ2) is 9.23. The standard InChI is InChI=1S/C16H26N2O3/c1-4-13(5-2)18-16(19)11-21-14-8-7-12(10-17)9-15(14)20-6-3/h7-9,13H,4-6,10-11,17H2,1-3H3,(H,18,19). The molecule has 0 heterocycles. The number of hydrogen-bond donors (Lipinski definition) is 2. The van der Waals surface area contributed by atoms with E-state index >= 15 is 0 Å².